The van der Waals surface area contributed by atoms with Gasteiger partial charge < -0.3 is 10.4 Å². The molecule has 0 aliphatic heterocycles. The number of carboxylic acid groups (broad SMARTS) is 1. The summed E-state index contributed by atoms with van der Waals surface area (Å²) in [6.45, 7) is 0. The Morgan fingerprint density at radius 1 is 1.92 bits per heavy atom. The first-order valence-corrected chi connectivity index (χ1v) is 4.14. The smallest absolute Gasteiger partial charge is 0.319 e. The molecule has 0 aromatic rings. The Bertz CT molecular complexity index is 191. The Morgan fingerprint density at radius 2 is 2.58 bits per heavy atom. The van der Waals surface area contributed by atoms with E-state index in [1.807, 2.05) is 0 Å². The summed E-state index contributed by atoms with van der Waals surface area (Å²) in [5, 5.41) is 9.92. The Morgan fingerprint density at radius 3 is 3.00 bits per heavy atom. The first-order chi connectivity index (χ1) is 6.11. The van der Waals surface area contributed by atoms with Crippen LogP contribution in [0.3, 0.4) is 0 Å². The molecule has 0 bridgehead atoms. The van der Waals surface area contributed by atoms with Gasteiger partial charge in [0.15, 0.2) is 0 Å². The SMILES string of the molecule is [3H]SOSC(CC(=O)NC)C(=O)O. The Hall–Kier alpha value is -0.400. The molecule has 0 spiro atoms. The van der Waals surface area contributed by atoms with Gasteiger partial charge in [-0.3, -0.25) is 9.59 Å². The average Bonchev–Trinajstić information content (AvgIpc) is 2.11. The highest BCUT2D eigenvalue weighted by molar-refractivity contribution is 8.02. The van der Waals surface area contributed by atoms with Crippen LogP contribution in [0.1, 0.15) is 6.42 Å². The lowest BCUT2D eigenvalue weighted by Crippen LogP contribution is -2.27. The summed E-state index contributed by atoms with van der Waals surface area (Å²) in [6, 6.07) is 0. The van der Waals surface area contributed by atoms with Crippen LogP contribution in [0.25, 0.3) is 0 Å². The largest absolute Gasteiger partial charge is 0.480 e. The van der Waals surface area contributed by atoms with Gasteiger partial charge in [0.1, 0.15) is 6.37 Å². The van der Waals surface area contributed by atoms with Crippen molar-refractivity contribution in [1.82, 2.24) is 5.32 Å². The van der Waals surface area contributed by atoms with Gasteiger partial charge in [0, 0.05) is 19.1 Å². The van der Waals surface area contributed by atoms with Crippen LogP contribution in [0, 0.1) is 0 Å². The lowest BCUT2D eigenvalue weighted by Gasteiger charge is -2.07. The fourth-order valence-corrected chi connectivity index (χ4v) is 1.16. The molecule has 1 atom stereocenters. The number of hydrogen-bond acceptors (Lipinski definition) is 5. The Balaban J connectivity index is 3.94. The van der Waals surface area contributed by atoms with E-state index in [1.165, 1.54) is 7.05 Å². The van der Waals surface area contributed by atoms with Crippen LogP contribution in [-0.2, 0) is 13.2 Å². The maximum atomic E-state index is 10.8. The molecule has 70 valence electrons. The zero-order chi connectivity index (χ0) is 10.3. The van der Waals surface area contributed by atoms with E-state index in [-0.39, 0.29) is 12.3 Å². The molecule has 0 aliphatic rings. The number of hydrogen-bond donors (Lipinski definition) is 3. The van der Waals surface area contributed by atoms with Crippen molar-refractivity contribution < 1.29 is 18.3 Å². The summed E-state index contributed by atoms with van der Waals surface area (Å²) in [5.74, 6) is -1.51. The molecule has 0 aliphatic carbocycles. The van der Waals surface area contributed by atoms with E-state index in [4.69, 9.17) is 6.23 Å². The van der Waals surface area contributed by atoms with Gasteiger partial charge in [-0.25, -0.2) is 3.63 Å². The van der Waals surface area contributed by atoms with Crippen LogP contribution >= 0.6 is 24.9 Å². The minimum Gasteiger partial charge on any atom is -0.480 e. The zero-order valence-corrected chi connectivity index (χ0v) is 7.91. The fourth-order valence-electron chi connectivity index (χ4n) is 0.480. The van der Waals surface area contributed by atoms with Crippen molar-refractivity contribution in [3.05, 3.63) is 0 Å². The second-order valence-corrected chi connectivity index (χ2v) is 3.17. The zero-order valence-electron chi connectivity index (χ0n) is 7.27. The summed E-state index contributed by atoms with van der Waals surface area (Å²) in [4.78, 5) is 21.3. The van der Waals surface area contributed by atoms with E-state index in [0.717, 1.165) is 0 Å². The van der Waals surface area contributed by atoms with Gasteiger partial charge in [-0.05, 0) is 12.8 Å². The molecule has 0 rings (SSSR count). The normalized spacial score (nSPS) is 13.2. The van der Waals surface area contributed by atoms with Crippen molar-refractivity contribution in [1.29, 1.82) is 1.12 Å². The summed E-state index contributed by atoms with van der Waals surface area (Å²) in [6.07, 6.45) is -0.170. The molecular weight excluding hydrogens is 202 g/mol. The molecule has 0 heterocycles. The first kappa shape index (κ1) is 9.69. The van der Waals surface area contributed by atoms with Gasteiger partial charge in [-0.15, -0.1) is 0 Å². The number of carbonyl (C=O) groups is 2. The van der Waals surface area contributed by atoms with Crippen molar-refractivity contribution >= 4 is 36.7 Å². The maximum Gasteiger partial charge on any atom is 0.319 e. The highest BCUT2D eigenvalue weighted by Crippen LogP contribution is 2.17. The summed E-state index contributed by atoms with van der Waals surface area (Å²) in [7, 11) is 1.42. The van der Waals surface area contributed by atoms with E-state index in [0.29, 0.717) is 24.9 Å². The summed E-state index contributed by atoms with van der Waals surface area (Å²) >= 11 is 0.888. The quantitative estimate of drug-likeness (QED) is 0.430. The number of carboxylic acids is 1. The van der Waals surface area contributed by atoms with Gasteiger partial charge in [-0.1, -0.05) is 0 Å². The Labute approximate surface area is 80.8 Å². The summed E-state index contributed by atoms with van der Waals surface area (Å²) < 4.78 is 11.0. The Kier molecular flexibility index (Phi) is 4.97. The van der Waals surface area contributed by atoms with Gasteiger partial charge >= 0.3 is 5.97 Å². The molecule has 7 heteroatoms. The molecule has 0 fully saturated rings. The van der Waals surface area contributed by atoms with Crippen LogP contribution in [-0.4, -0.2) is 30.4 Å². The third-order valence-corrected chi connectivity index (χ3v) is 2.00. The molecule has 0 radical (unpaired) electrons. The van der Waals surface area contributed by atoms with E-state index in [9.17, 15) is 9.59 Å². The van der Waals surface area contributed by atoms with Gasteiger partial charge in [0.05, 0.1) is 6.42 Å². The molecule has 0 aromatic carbocycles. The number of aliphatic carboxylic acids is 1. The molecule has 1 unspecified atom stereocenters. The van der Waals surface area contributed by atoms with Crippen LogP contribution in [0.4, 0.5) is 0 Å². The third-order valence-electron chi connectivity index (χ3n) is 1.08. The van der Waals surface area contributed by atoms with Crippen molar-refractivity contribution in [2.45, 2.75) is 11.7 Å². The monoisotopic (exact) mass is 213 g/mol. The molecule has 12 heavy (non-hydrogen) atoms. The number of thiol groups is 1. The van der Waals surface area contributed by atoms with Crippen LogP contribution in [0.5, 0.6) is 0 Å². The van der Waals surface area contributed by atoms with E-state index < -0.39 is 11.2 Å². The number of nitrogens with one attached hydrogen (secondary N) is 1. The lowest BCUT2D eigenvalue weighted by molar-refractivity contribution is -0.138. The van der Waals surface area contributed by atoms with Crippen LogP contribution in [0.15, 0.2) is 0 Å². The van der Waals surface area contributed by atoms with E-state index in [2.05, 4.69) is 8.95 Å². The van der Waals surface area contributed by atoms with Crippen LogP contribution in [0.2, 0.25) is 0 Å². The first-order valence-electron chi connectivity index (χ1n) is 3.41. The molecule has 1 amide bonds. The fraction of sp³-hybridized carbons (Fsp3) is 0.600. The predicted octanol–water partition coefficient (Wildman–Crippen LogP) is 0.0853. The second kappa shape index (κ2) is 6.15. The van der Waals surface area contributed by atoms with Gasteiger partial charge in [0.2, 0.25) is 5.91 Å². The second-order valence-electron chi connectivity index (χ2n) is 1.87. The van der Waals surface area contributed by atoms with Crippen molar-refractivity contribution in [2.24, 2.45) is 0 Å². The molecule has 5 nitrogen and oxygen atoms in total. The van der Waals surface area contributed by atoms with E-state index in [1.54, 1.807) is 0 Å². The molecule has 2 N–H and O–H groups in total. The topological polar surface area (TPSA) is 75.6 Å². The van der Waals surface area contributed by atoms with Crippen molar-refractivity contribution in [3.8, 4) is 0 Å². The number of rotatable bonds is 6. The summed E-state index contributed by atoms with van der Waals surface area (Å²) in [5.41, 5.74) is 0. The lowest BCUT2D eigenvalue weighted by atomic mass is 10.3. The number of carbonyl (C=O) groups excluding carboxylic acids is 1. The number of amides is 1. The molecular formula is C5H9NO4S2. The van der Waals surface area contributed by atoms with Crippen LogP contribution < -0.4 is 5.32 Å². The highest BCUT2D eigenvalue weighted by atomic mass is 32.2. The van der Waals surface area contributed by atoms with Gasteiger partial charge in [-0.2, -0.15) is 0 Å². The molecule has 0 aromatic heterocycles. The van der Waals surface area contributed by atoms with Gasteiger partial charge in [0.25, 0.3) is 0 Å². The molecule has 0 saturated carbocycles. The van der Waals surface area contributed by atoms with Crippen molar-refractivity contribution in [2.75, 3.05) is 7.05 Å². The van der Waals surface area contributed by atoms with Crippen molar-refractivity contribution in [3.63, 3.8) is 0 Å². The third kappa shape index (κ3) is 4.47. The predicted molar refractivity (Wildman–Crippen MR) is 47.8 cm³/mol. The molecule has 0 saturated heterocycles. The van der Waals surface area contributed by atoms with E-state index >= 15 is 0 Å². The highest BCUT2D eigenvalue weighted by Gasteiger charge is 2.21. The standard InChI is InChI=1S/C5H9NO4S2/c1-6-4(7)2-3(5(8)9)12-10-11/h3,11H,2H2,1H3,(H,6,7)(H,8,9)/i/hT. The minimum absolute atomic E-state index is 0.170. The maximum absolute atomic E-state index is 10.8. The minimum atomic E-state index is -1.14. The average molecular weight is 213 g/mol.